The molecule has 2 saturated heterocycles. The van der Waals surface area contributed by atoms with Gasteiger partial charge in [-0.2, -0.15) is 0 Å². The Hall–Kier alpha value is -0.560. The Morgan fingerprint density at radius 2 is 2.17 bits per heavy atom. The molecule has 0 amide bonds. The first kappa shape index (κ1) is 8.06. The number of aliphatic hydroxyl groups excluding tert-OH is 1. The van der Waals surface area contributed by atoms with E-state index in [9.17, 15) is 5.11 Å². The summed E-state index contributed by atoms with van der Waals surface area (Å²) in [5, 5.41) is 9.52. The second-order valence-electron chi connectivity index (χ2n) is 3.26. The number of ether oxygens (including phenoxy) is 2. The monoisotopic (exact) mass is 168 g/mol. The highest BCUT2D eigenvalue weighted by Crippen LogP contribution is 2.29. The van der Waals surface area contributed by atoms with Crippen LogP contribution in [0, 0.1) is 18.3 Å². The van der Waals surface area contributed by atoms with Gasteiger partial charge in [-0.3, -0.25) is 0 Å². The molecule has 1 N–H and O–H groups in total. The van der Waals surface area contributed by atoms with Gasteiger partial charge >= 0.3 is 0 Å². The van der Waals surface area contributed by atoms with Gasteiger partial charge in [0.2, 0.25) is 0 Å². The van der Waals surface area contributed by atoms with Crippen molar-refractivity contribution >= 4 is 0 Å². The summed E-state index contributed by atoms with van der Waals surface area (Å²) >= 11 is 0. The molecule has 2 aliphatic rings. The fourth-order valence-corrected chi connectivity index (χ4v) is 1.81. The average Bonchev–Trinajstić information content (AvgIpc) is 2.49. The number of rotatable bonds is 0. The largest absolute Gasteiger partial charge is 0.390 e. The van der Waals surface area contributed by atoms with Gasteiger partial charge in [0.05, 0.1) is 18.6 Å². The van der Waals surface area contributed by atoms with Crippen molar-refractivity contribution in [1.82, 2.24) is 0 Å². The maximum absolute atomic E-state index is 9.52. The van der Waals surface area contributed by atoms with E-state index in [1.807, 2.05) is 0 Å². The summed E-state index contributed by atoms with van der Waals surface area (Å²) in [4.78, 5) is 0. The van der Waals surface area contributed by atoms with Crippen molar-refractivity contribution in [2.24, 2.45) is 5.92 Å². The Kier molecular flexibility index (Phi) is 2.05. The summed E-state index contributed by atoms with van der Waals surface area (Å²) in [7, 11) is 0. The van der Waals surface area contributed by atoms with E-state index in [0.29, 0.717) is 19.6 Å². The molecule has 0 radical (unpaired) electrons. The van der Waals surface area contributed by atoms with Crippen molar-refractivity contribution < 1.29 is 14.6 Å². The summed E-state index contributed by atoms with van der Waals surface area (Å²) in [6.07, 6.45) is 5.27. The van der Waals surface area contributed by atoms with Crippen LogP contribution in [-0.4, -0.2) is 36.6 Å². The first-order valence-electron chi connectivity index (χ1n) is 4.20. The molecule has 0 spiro atoms. The van der Waals surface area contributed by atoms with Crippen LogP contribution in [0.4, 0.5) is 0 Å². The average molecular weight is 168 g/mol. The van der Waals surface area contributed by atoms with E-state index in [1.165, 1.54) is 0 Å². The first-order chi connectivity index (χ1) is 5.83. The van der Waals surface area contributed by atoms with Gasteiger partial charge < -0.3 is 14.6 Å². The lowest BCUT2D eigenvalue weighted by atomic mass is 9.96. The molecule has 66 valence electrons. The zero-order chi connectivity index (χ0) is 8.55. The van der Waals surface area contributed by atoms with E-state index < -0.39 is 6.10 Å². The fraction of sp³-hybridized carbons (Fsp3) is 0.778. The molecule has 2 unspecified atom stereocenters. The maximum Gasteiger partial charge on any atom is 0.111 e. The number of terminal acetylenes is 1. The third kappa shape index (κ3) is 1.13. The van der Waals surface area contributed by atoms with Crippen molar-refractivity contribution in [2.75, 3.05) is 13.2 Å². The van der Waals surface area contributed by atoms with Gasteiger partial charge in [0, 0.05) is 6.61 Å². The topological polar surface area (TPSA) is 38.7 Å². The quantitative estimate of drug-likeness (QED) is 0.508. The molecule has 0 aromatic carbocycles. The molecule has 2 heterocycles. The maximum atomic E-state index is 9.52. The second-order valence-corrected chi connectivity index (χ2v) is 3.26. The smallest absolute Gasteiger partial charge is 0.111 e. The van der Waals surface area contributed by atoms with Gasteiger partial charge in [0.25, 0.3) is 0 Å². The molecule has 12 heavy (non-hydrogen) atoms. The summed E-state index contributed by atoms with van der Waals surface area (Å²) < 4.78 is 10.8. The first-order valence-corrected chi connectivity index (χ1v) is 4.20. The van der Waals surface area contributed by atoms with Crippen LogP contribution >= 0.6 is 0 Å². The lowest BCUT2D eigenvalue weighted by molar-refractivity contribution is -0.117. The molecule has 0 saturated carbocycles. The molecule has 0 aromatic heterocycles. The third-order valence-corrected chi connectivity index (χ3v) is 2.51. The minimum absolute atomic E-state index is 0.0185. The van der Waals surface area contributed by atoms with E-state index in [4.69, 9.17) is 15.9 Å². The molecule has 2 fully saturated rings. The number of aliphatic hydroxyl groups is 1. The van der Waals surface area contributed by atoms with Crippen LogP contribution in [0.5, 0.6) is 0 Å². The van der Waals surface area contributed by atoms with E-state index in [-0.39, 0.29) is 18.1 Å². The zero-order valence-corrected chi connectivity index (χ0v) is 6.77. The highest BCUT2D eigenvalue weighted by Gasteiger charge is 2.43. The minimum Gasteiger partial charge on any atom is -0.390 e. The Labute approximate surface area is 71.7 Å². The highest BCUT2D eigenvalue weighted by molar-refractivity contribution is 5.05. The predicted octanol–water partition coefficient (Wildman–Crippen LogP) is -0.216. The van der Waals surface area contributed by atoms with Gasteiger partial charge in [-0.15, -0.1) is 6.42 Å². The van der Waals surface area contributed by atoms with Crippen LogP contribution in [0.15, 0.2) is 0 Å². The lowest BCUT2D eigenvalue weighted by Gasteiger charge is -2.30. The van der Waals surface area contributed by atoms with Crippen molar-refractivity contribution in [2.45, 2.75) is 24.7 Å². The van der Waals surface area contributed by atoms with E-state index in [0.717, 1.165) is 0 Å². The van der Waals surface area contributed by atoms with Crippen LogP contribution in [0.25, 0.3) is 0 Å². The van der Waals surface area contributed by atoms with E-state index in [1.54, 1.807) is 0 Å². The van der Waals surface area contributed by atoms with E-state index in [2.05, 4.69) is 5.92 Å². The fourth-order valence-electron chi connectivity index (χ4n) is 1.81. The van der Waals surface area contributed by atoms with Gasteiger partial charge in [-0.1, -0.05) is 5.92 Å². The van der Waals surface area contributed by atoms with Crippen LogP contribution in [0.2, 0.25) is 0 Å². The number of fused-ring (bicyclic) bond motifs is 1. The molecule has 2 rings (SSSR count). The molecular weight excluding hydrogens is 156 g/mol. The predicted molar refractivity (Wildman–Crippen MR) is 42.4 cm³/mol. The molecule has 3 nitrogen and oxygen atoms in total. The number of hydrogen-bond acceptors (Lipinski definition) is 3. The van der Waals surface area contributed by atoms with Crippen molar-refractivity contribution in [3.05, 3.63) is 0 Å². The highest BCUT2D eigenvalue weighted by atomic mass is 16.6. The van der Waals surface area contributed by atoms with Crippen LogP contribution < -0.4 is 0 Å². The van der Waals surface area contributed by atoms with E-state index >= 15 is 0 Å². The van der Waals surface area contributed by atoms with Crippen molar-refractivity contribution in [3.8, 4) is 12.3 Å². The van der Waals surface area contributed by atoms with Gasteiger partial charge in [0.15, 0.2) is 0 Å². The minimum atomic E-state index is -0.401. The SMILES string of the molecule is C#CC1CO[C@H]2C1OCC[C@H]2O. The number of hydrogen-bond donors (Lipinski definition) is 1. The summed E-state index contributed by atoms with van der Waals surface area (Å²) in [6.45, 7) is 1.10. The molecule has 0 bridgehead atoms. The van der Waals surface area contributed by atoms with Crippen LogP contribution in [0.1, 0.15) is 6.42 Å². The standard InChI is InChI=1S/C9H12O3/c1-2-6-5-12-9-7(10)3-4-11-8(6)9/h1,6-10H,3-5H2/t6?,7-,8?,9-/m1/s1. The van der Waals surface area contributed by atoms with Gasteiger partial charge in [-0.25, -0.2) is 0 Å². The molecular formula is C9H12O3. The van der Waals surface area contributed by atoms with Gasteiger partial charge in [0.1, 0.15) is 12.2 Å². The summed E-state index contributed by atoms with van der Waals surface area (Å²) in [5.74, 6) is 2.64. The lowest BCUT2D eigenvalue weighted by Crippen LogP contribution is -2.43. The normalized spacial score (nSPS) is 46.7. The second kappa shape index (κ2) is 3.06. The van der Waals surface area contributed by atoms with Gasteiger partial charge in [-0.05, 0) is 6.42 Å². The third-order valence-electron chi connectivity index (χ3n) is 2.51. The molecule has 2 aliphatic heterocycles. The molecule has 0 aliphatic carbocycles. The van der Waals surface area contributed by atoms with Crippen molar-refractivity contribution in [1.29, 1.82) is 0 Å². The Morgan fingerprint density at radius 3 is 2.92 bits per heavy atom. The zero-order valence-electron chi connectivity index (χ0n) is 6.77. The Morgan fingerprint density at radius 1 is 1.33 bits per heavy atom. The summed E-state index contributed by atoms with van der Waals surface area (Å²) in [5.41, 5.74) is 0. The molecule has 3 heteroatoms. The van der Waals surface area contributed by atoms with Crippen LogP contribution in [0.3, 0.4) is 0 Å². The molecule has 0 aromatic rings. The Balaban J connectivity index is 2.10. The molecule has 4 atom stereocenters. The summed E-state index contributed by atoms with van der Waals surface area (Å²) in [6, 6.07) is 0. The van der Waals surface area contributed by atoms with Crippen LogP contribution in [-0.2, 0) is 9.47 Å². The van der Waals surface area contributed by atoms with Crippen molar-refractivity contribution in [3.63, 3.8) is 0 Å². The Bertz CT molecular complexity index is 208.